The first-order valence-corrected chi connectivity index (χ1v) is 8.64. The van der Waals surface area contributed by atoms with Crippen molar-refractivity contribution in [3.63, 3.8) is 0 Å². The van der Waals surface area contributed by atoms with E-state index in [1.165, 1.54) is 0 Å². The minimum Gasteiger partial charge on any atom is -0.480 e. The Morgan fingerprint density at radius 2 is 1.43 bits per heavy atom. The maximum Gasteiger partial charge on any atom is 0.329 e. The zero-order chi connectivity index (χ0) is 19.9. The van der Waals surface area contributed by atoms with Gasteiger partial charge in [0.2, 0.25) is 0 Å². The molecule has 142 valence electrons. The van der Waals surface area contributed by atoms with E-state index in [-0.39, 0.29) is 0 Å². The summed E-state index contributed by atoms with van der Waals surface area (Å²) in [7, 11) is 0. The Kier molecular flexibility index (Phi) is 6.04. The standard InChI is InChI=1S/C22H19NO5/c24-20(19(22(26)27)23-21(25)15-8-3-1-4-9-15)16-10-7-13-18(14-16)28-17-11-5-2-6-12-17/h1-14,19-20,24H,(H,23,25)(H,26,27)/t19-,20?/m0/s1. The number of aliphatic hydroxyl groups is 1. The molecule has 0 radical (unpaired) electrons. The van der Waals surface area contributed by atoms with E-state index >= 15 is 0 Å². The zero-order valence-corrected chi connectivity index (χ0v) is 14.9. The molecule has 3 N–H and O–H groups in total. The lowest BCUT2D eigenvalue weighted by Crippen LogP contribution is -2.45. The summed E-state index contributed by atoms with van der Waals surface area (Å²) >= 11 is 0. The molecule has 0 saturated carbocycles. The summed E-state index contributed by atoms with van der Waals surface area (Å²) < 4.78 is 5.71. The highest BCUT2D eigenvalue weighted by atomic mass is 16.5. The van der Waals surface area contributed by atoms with Crippen LogP contribution in [0.15, 0.2) is 84.9 Å². The quantitative estimate of drug-likeness (QED) is 0.587. The largest absolute Gasteiger partial charge is 0.480 e. The average Bonchev–Trinajstić information content (AvgIpc) is 2.72. The summed E-state index contributed by atoms with van der Waals surface area (Å²) in [5, 5.41) is 22.5. The fourth-order valence-electron chi connectivity index (χ4n) is 2.67. The number of carbonyl (C=O) groups is 2. The molecule has 3 aromatic rings. The predicted octanol–water partition coefficient (Wildman–Crippen LogP) is 3.40. The van der Waals surface area contributed by atoms with E-state index in [1.807, 2.05) is 18.2 Å². The first-order chi connectivity index (χ1) is 13.5. The van der Waals surface area contributed by atoms with Gasteiger partial charge in [0.15, 0.2) is 6.04 Å². The molecule has 0 heterocycles. The van der Waals surface area contributed by atoms with Crippen molar-refractivity contribution in [2.75, 3.05) is 0 Å². The summed E-state index contributed by atoms with van der Waals surface area (Å²) in [6.45, 7) is 0. The number of carboxylic acid groups (broad SMARTS) is 1. The molecule has 2 atom stereocenters. The number of carbonyl (C=O) groups excluding carboxylic acids is 1. The SMILES string of the molecule is O=C(N[C@H](C(=O)O)C(O)c1cccc(Oc2ccccc2)c1)c1ccccc1. The first kappa shape index (κ1) is 19.1. The first-order valence-electron chi connectivity index (χ1n) is 8.64. The number of para-hydroxylation sites is 1. The number of hydrogen-bond acceptors (Lipinski definition) is 4. The van der Waals surface area contributed by atoms with Gasteiger partial charge in [-0.3, -0.25) is 4.79 Å². The van der Waals surface area contributed by atoms with Crippen LogP contribution in [0.4, 0.5) is 0 Å². The number of nitrogens with one attached hydrogen (secondary N) is 1. The number of aliphatic hydroxyl groups excluding tert-OH is 1. The van der Waals surface area contributed by atoms with Crippen molar-refractivity contribution in [3.8, 4) is 11.5 Å². The maximum absolute atomic E-state index is 12.3. The number of carboxylic acids is 1. The van der Waals surface area contributed by atoms with Crippen molar-refractivity contribution in [1.29, 1.82) is 0 Å². The topological polar surface area (TPSA) is 95.9 Å². The van der Waals surface area contributed by atoms with Crippen molar-refractivity contribution in [3.05, 3.63) is 96.1 Å². The van der Waals surface area contributed by atoms with Gasteiger partial charge in [0, 0.05) is 5.56 Å². The van der Waals surface area contributed by atoms with Gasteiger partial charge < -0.3 is 20.3 Å². The van der Waals surface area contributed by atoms with Crippen LogP contribution in [0.3, 0.4) is 0 Å². The smallest absolute Gasteiger partial charge is 0.329 e. The van der Waals surface area contributed by atoms with Gasteiger partial charge in [0.25, 0.3) is 5.91 Å². The van der Waals surface area contributed by atoms with E-state index in [1.54, 1.807) is 66.7 Å². The van der Waals surface area contributed by atoms with Crippen molar-refractivity contribution in [2.45, 2.75) is 12.1 Å². The van der Waals surface area contributed by atoms with Crippen LogP contribution in [0.2, 0.25) is 0 Å². The van der Waals surface area contributed by atoms with Crippen LogP contribution in [0.1, 0.15) is 22.0 Å². The third-order valence-corrected chi connectivity index (χ3v) is 4.08. The van der Waals surface area contributed by atoms with Crippen molar-refractivity contribution >= 4 is 11.9 Å². The monoisotopic (exact) mass is 377 g/mol. The van der Waals surface area contributed by atoms with Crippen LogP contribution >= 0.6 is 0 Å². The van der Waals surface area contributed by atoms with Gasteiger partial charge in [-0.1, -0.05) is 48.5 Å². The molecule has 3 rings (SSSR count). The van der Waals surface area contributed by atoms with Gasteiger partial charge in [0.05, 0.1) is 0 Å². The van der Waals surface area contributed by atoms with E-state index in [9.17, 15) is 19.8 Å². The number of amides is 1. The molecular formula is C22H19NO5. The van der Waals surface area contributed by atoms with Crippen LogP contribution in [0.25, 0.3) is 0 Å². The predicted molar refractivity (Wildman–Crippen MR) is 103 cm³/mol. The van der Waals surface area contributed by atoms with E-state index < -0.39 is 24.0 Å². The van der Waals surface area contributed by atoms with Gasteiger partial charge >= 0.3 is 5.97 Å². The average molecular weight is 377 g/mol. The van der Waals surface area contributed by atoms with Gasteiger partial charge in [0.1, 0.15) is 17.6 Å². The van der Waals surface area contributed by atoms with Gasteiger partial charge in [-0.05, 0) is 42.0 Å². The molecule has 1 amide bonds. The molecule has 6 nitrogen and oxygen atoms in total. The summed E-state index contributed by atoms with van der Waals surface area (Å²) in [6.07, 6.45) is -1.45. The molecule has 1 unspecified atom stereocenters. The van der Waals surface area contributed by atoms with E-state index in [0.717, 1.165) is 0 Å². The maximum atomic E-state index is 12.3. The lowest BCUT2D eigenvalue weighted by Gasteiger charge is -2.21. The molecule has 28 heavy (non-hydrogen) atoms. The molecule has 0 aliphatic heterocycles. The summed E-state index contributed by atoms with van der Waals surface area (Å²) in [6, 6.07) is 22.2. The third-order valence-electron chi connectivity index (χ3n) is 4.08. The highest BCUT2D eigenvalue weighted by Gasteiger charge is 2.30. The van der Waals surface area contributed by atoms with Crippen LogP contribution in [-0.4, -0.2) is 28.1 Å². The number of benzene rings is 3. The van der Waals surface area contributed by atoms with E-state index in [4.69, 9.17) is 4.74 Å². The van der Waals surface area contributed by atoms with Crippen molar-refractivity contribution in [2.24, 2.45) is 0 Å². The van der Waals surface area contributed by atoms with Crippen LogP contribution in [0.5, 0.6) is 11.5 Å². The molecule has 0 fully saturated rings. The molecule has 6 heteroatoms. The number of ether oxygens (including phenoxy) is 1. The number of hydrogen-bond donors (Lipinski definition) is 3. The Morgan fingerprint density at radius 1 is 0.821 bits per heavy atom. The minimum atomic E-state index is -1.51. The Hall–Kier alpha value is -3.64. The summed E-state index contributed by atoms with van der Waals surface area (Å²) in [4.78, 5) is 23.9. The van der Waals surface area contributed by atoms with E-state index in [0.29, 0.717) is 22.6 Å². The van der Waals surface area contributed by atoms with Gasteiger partial charge in [-0.2, -0.15) is 0 Å². The summed E-state index contributed by atoms with van der Waals surface area (Å²) in [5.41, 5.74) is 0.622. The fraction of sp³-hybridized carbons (Fsp3) is 0.0909. The molecular weight excluding hydrogens is 358 g/mol. The second kappa shape index (κ2) is 8.83. The lowest BCUT2D eigenvalue weighted by molar-refractivity contribution is -0.142. The Balaban J connectivity index is 1.78. The zero-order valence-electron chi connectivity index (χ0n) is 14.9. The number of rotatable bonds is 7. The Morgan fingerprint density at radius 3 is 2.07 bits per heavy atom. The van der Waals surface area contributed by atoms with Gasteiger partial charge in [-0.25, -0.2) is 4.79 Å². The molecule has 0 bridgehead atoms. The van der Waals surface area contributed by atoms with Crippen LogP contribution in [-0.2, 0) is 4.79 Å². The molecule has 0 aliphatic carbocycles. The highest BCUT2D eigenvalue weighted by Crippen LogP contribution is 2.26. The third kappa shape index (κ3) is 4.75. The lowest BCUT2D eigenvalue weighted by atomic mass is 10.0. The summed E-state index contributed by atoms with van der Waals surface area (Å²) in [5.74, 6) is -0.863. The minimum absolute atomic E-state index is 0.308. The highest BCUT2D eigenvalue weighted by molar-refractivity contribution is 5.96. The van der Waals surface area contributed by atoms with Crippen LogP contribution in [0, 0.1) is 0 Å². The number of aliphatic carboxylic acids is 1. The van der Waals surface area contributed by atoms with E-state index in [2.05, 4.69) is 5.32 Å². The molecule has 0 spiro atoms. The second-order valence-corrected chi connectivity index (χ2v) is 6.09. The van der Waals surface area contributed by atoms with Crippen LogP contribution < -0.4 is 10.1 Å². The molecule has 3 aromatic carbocycles. The fourth-order valence-corrected chi connectivity index (χ4v) is 2.67. The Bertz CT molecular complexity index is 943. The Labute approximate surface area is 162 Å². The van der Waals surface area contributed by atoms with Crippen molar-refractivity contribution < 1.29 is 24.5 Å². The van der Waals surface area contributed by atoms with Gasteiger partial charge in [-0.15, -0.1) is 0 Å². The molecule has 0 aliphatic rings. The molecule has 0 aromatic heterocycles. The molecule has 0 saturated heterocycles. The normalized spacial score (nSPS) is 12.6. The second-order valence-electron chi connectivity index (χ2n) is 6.09. The van der Waals surface area contributed by atoms with Crippen molar-refractivity contribution in [1.82, 2.24) is 5.32 Å².